The number of hydrogen-bond acceptors (Lipinski definition) is 5. The summed E-state index contributed by atoms with van der Waals surface area (Å²) >= 11 is 7.43. The molecule has 1 aromatic heterocycles. The lowest BCUT2D eigenvalue weighted by atomic mass is 10.1. The molecule has 0 saturated heterocycles. The molecule has 4 rings (SSSR count). The lowest BCUT2D eigenvalue weighted by molar-refractivity contribution is 0.0949. The largest absolute Gasteiger partial charge is 0.348 e. The van der Waals surface area contributed by atoms with Crippen LogP contribution < -0.4 is 10.6 Å². The third-order valence-corrected chi connectivity index (χ3v) is 5.79. The smallest absolute Gasteiger partial charge is 0.286 e. The van der Waals surface area contributed by atoms with Crippen molar-refractivity contribution in [2.24, 2.45) is 0 Å². The van der Waals surface area contributed by atoms with Gasteiger partial charge in [0, 0.05) is 28.7 Å². The van der Waals surface area contributed by atoms with Crippen LogP contribution in [0.25, 0.3) is 0 Å². The molecule has 2 aromatic carbocycles. The Labute approximate surface area is 171 Å². The lowest BCUT2D eigenvalue weighted by Gasteiger charge is -2.08. The average molecular weight is 413 g/mol. The first kappa shape index (κ1) is 18.6. The van der Waals surface area contributed by atoms with Crippen LogP contribution in [0.5, 0.6) is 0 Å². The number of aromatic nitrogens is 2. The highest BCUT2D eigenvalue weighted by molar-refractivity contribution is 7.13. The summed E-state index contributed by atoms with van der Waals surface area (Å²) in [4.78, 5) is 24.8. The van der Waals surface area contributed by atoms with Crippen molar-refractivity contribution in [3.05, 3.63) is 74.7 Å². The van der Waals surface area contributed by atoms with Crippen LogP contribution >= 0.6 is 22.9 Å². The van der Waals surface area contributed by atoms with E-state index in [1.165, 1.54) is 11.3 Å². The van der Waals surface area contributed by atoms with Crippen molar-refractivity contribution in [2.45, 2.75) is 25.3 Å². The summed E-state index contributed by atoms with van der Waals surface area (Å²) in [6.45, 7) is 0.323. The van der Waals surface area contributed by atoms with Crippen LogP contribution in [0.2, 0.25) is 5.02 Å². The Morgan fingerprint density at radius 2 is 1.89 bits per heavy atom. The minimum atomic E-state index is -0.321. The average Bonchev–Trinajstić information content (AvgIpc) is 3.43. The van der Waals surface area contributed by atoms with Crippen LogP contribution in [-0.4, -0.2) is 22.0 Å². The highest BCUT2D eigenvalue weighted by atomic mass is 35.5. The van der Waals surface area contributed by atoms with E-state index in [-0.39, 0.29) is 11.8 Å². The van der Waals surface area contributed by atoms with Crippen molar-refractivity contribution in [3.63, 3.8) is 0 Å². The molecule has 1 fully saturated rings. The highest BCUT2D eigenvalue weighted by Gasteiger charge is 2.28. The first-order chi connectivity index (χ1) is 13.6. The molecule has 0 aliphatic heterocycles. The second-order valence-electron chi connectivity index (χ2n) is 6.53. The fraction of sp³-hybridized carbons (Fsp3) is 0.200. The fourth-order valence-electron chi connectivity index (χ4n) is 2.66. The van der Waals surface area contributed by atoms with Gasteiger partial charge in [0.1, 0.15) is 5.01 Å². The summed E-state index contributed by atoms with van der Waals surface area (Å²) in [5, 5.41) is 15.5. The summed E-state index contributed by atoms with van der Waals surface area (Å²) in [5.74, 6) is -0.106. The van der Waals surface area contributed by atoms with Gasteiger partial charge in [-0.05, 0) is 42.7 Å². The topological polar surface area (TPSA) is 84.0 Å². The molecule has 1 saturated carbocycles. The first-order valence-corrected chi connectivity index (χ1v) is 10.1. The van der Waals surface area contributed by atoms with Gasteiger partial charge in [0.25, 0.3) is 11.8 Å². The molecule has 0 atom stereocenters. The molecule has 0 bridgehead atoms. The van der Waals surface area contributed by atoms with E-state index in [1.807, 2.05) is 18.2 Å². The molecule has 0 unspecified atom stereocenters. The molecule has 6 nitrogen and oxygen atoms in total. The SMILES string of the molecule is O=C(NCc1ccccc1Cl)c1cccc(NC(=O)c2nnc(C3CC3)s2)c1. The number of halogens is 1. The van der Waals surface area contributed by atoms with Crippen molar-refractivity contribution in [1.82, 2.24) is 15.5 Å². The molecular formula is C20H17ClN4O2S. The predicted octanol–water partition coefficient (Wildman–Crippen LogP) is 4.25. The number of carbonyl (C=O) groups is 2. The number of nitrogens with zero attached hydrogens (tertiary/aromatic N) is 2. The van der Waals surface area contributed by atoms with Gasteiger partial charge in [0.05, 0.1) is 0 Å². The molecule has 1 aliphatic carbocycles. The zero-order valence-corrected chi connectivity index (χ0v) is 16.4. The maximum absolute atomic E-state index is 12.4. The highest BCUT2D eigenvalue weighted by Crippen LogP contribution is 2.41. The van der Waals surface area contributed by atoms with E-state index in [0.717, 1.165) is 23.4 Å². The van der Waals surface area contributed by atoms with Gasteiger partial charge in [-0.25, -0.2) is 0 Å². The van der Waals surface area contributed by atoms with Crippen LogP contribution in [-0.2, 0) is 6.54 Å². The first-order valence-electron chi connectivity index (χ1n) is 8.86. The summed E-state index contributed by atoms with van der Waals surface area (Å²) in [6.07, 6.45) is 2.23. The van der Waals surface area contributed by atoms with E-state index in [0.29, 0.717) is 33.7 Å². The second-order valence-corrected chi connectivity index (χ2v) is 7.95. The van der Waals surface area contributed by atoms with Crippen molar-refractivity contribution < 1.29 is 9.59 Å². The Balaban J connectivity index is 1.39. The number of carbonyl (C=O) groups excluding carboxylic acids is 2. The van der Waals surface area contributed by atoms with Crippen molar-refractivity contribution >= 4 is 40.4 Å². The lowest BCUT2D eigenvalue weighted by Crippen LogP contribution is -2.23. The summed E-state index contributed by atoms with van der Waals surface area (Å²) in [6, 6.07) is 14.1. The number of benzene rings is 2. The van der Waals surface area contributed by atoms with Gasteiger partial charge in [-0.15, -0.1) is 10.2 Å². The van der Waals surface area contributed by atoms with E-state index in [2.05, 4.69) is 20.8 Å². The van der Waals surface area contributed by atoms with E-state index in [1.54, 1.807) is 30.3 Å². The van der Waals surface area contributed by atoms with Crippen LogP contribution in [0.1, 0.15) is 49.5 Å². The Kier molecular flexibility index (Phi) is 5.36. The molecule has 28 heavy (non-hydrogen) atoms. The molecular weight excluding hydrogens is 396 g/mol. The Morgan fingerprint density at radius 1 is 1.07 bits per heavy atom. The quantitative estimate of drug-likeness (QED) is 0.633. The maximum Gasteiger partial charge on any atom is 0.286 e. The number of nitrogens with one attached hydrogen (secondary N) is 2. The van der Waals surface area contributed by atoms with Gasteiger partial charge < -0.3 is 10.6 Å². The summed E-state index contributed by atoms with van der Waals surface area (Å²) in [7, 11) is 0. The fourth-order valence-corrected chi connectivity index (χ4v) is 3.77. The summed E-state index contributed by atoms with van der Waals surface area (Å²) in [5.41, 5.74) is 1.81. The predicted molar refractivity (Wildman–Crippen MR) is 109 cm³/mol. The van der Waals surface area contributed by atoms with Gasteiger partial charge >= 0.3 is 0 Å². The van der Waals surface area contributed by atoms with Gasteiger partial charge in [0.15, 0.2) is 0 Å². The molecule has 2 amide bonds. The molecule has 142 valence electrons. The zero-order chi connectivity index (χ0) is 19.5. The van der Waals surface area contributed by atoms with Crippen LogP contribution in [0, 0.1) is 0 Å². The minimum Gasteiger partial charge on any atom is -0.348 e. The van der Waals surface area contributed by atoms with E-state index >= 15 is 0 Å². The Morgan fingerprint density at radius 3 is 2.68 bits per heavy atom. The standard InChI is InChI=1S/C20H17ClN4O2S/c21-16-7-2-1-4-14(16)11-22-17(26)13-5-3-6-15(10-13)23-18(27)20-25-24-19(28-20)12-8-9-12/h1-7,10,12H,8-9,11H2,(H,22,26)(H,23,27). The molecule has 1 aliphatic rings. The molecule has 3 aromatic rings. The maximum atomic E-state index is 12.4. The monoisotopic (exact) mass is 412 g/mol. The van der Waals surface area contributed by atoms with Gasteiger partial charge in [-0.3, -0.25) is 9.59 Å². The van der Waals surface area contributed by atoms with Gasteiger partial charge in [-0.2, -0.15) is 0 Å². The van der Waals surface area contributed by atoms with E-state index < -0.39 is 0 Å². The zero-order valence-electron chi connectivity index (χ0n) is 14.8. The number of amides is 2. The van der Waals surface area contributed by atoms with Crippen LogP contribution in [0.4, 0.5) is 5.69 Å². The molecule has 0 spiro atoms. The second kappa shape index (κ2) is 8.08. The third-order valence-electron chi connectivity index (χ3n) is 4.34. The molecule has 8 heteroatoms. The number of hydrogen-bond donors (Lipinski definition) is 2. The Hall–Kier alpha value is -2.77. The van der Waals surface area contributed by atoms with Gasteiger partial charge in [-0.1, -0.05) is 47.2 Å². The molecule has 0 radical (unpaired) electrons. The Bertz CT molecular complexity index is 1030. The number of rotatable bonds is 6. The van der Waals surface area contributed by atoms with Crippen LogP contribution in [0.3, 0.4) is 0 Å². The normalized spacial score (nSPS) is 13.2. The molecule has 2 N–H and O–H groups in total. The number of anilines is 1. The molecule has 1 heterocycles. The van der Waals surface area contributed by atoms with Crippen molar-refractivity contribution in [3.8, 4) is 0 Å². The van der Waals surface area contributed by atoms with E-state index in [9.17, 15) is 9.59 Å². The van der Waals surface area contributed by atoms with Crippen molar-refractivity contribution in [2.75, 3.05) is 5.32 Å². The van der Waals surface area contributed by atoms with Gasteiger partial charge in [0.2, 0.25) is 5.01 Å². The minimum absolute atomic E-state index is 0.247. The summed E-state index contributed by atoms with van der Waals surface area (Å²) < 4.78 is 0. The van der Waals surface area contributed by atoms with Crippen LogP contribution in [0.15, 0.2) is 48.5 Å². The van der Waals surface area contributed by atoms with Crippen molar-refractivity contribution in [1.29, 1.82) is 0 Å². The van der Waals surface area contributed by atoms with E-state index in [4.69, 9.17) is 11.6 Å². The third kappa shape index (κ3) is 4.37.